The molecule has 1 amide bonds. The van der Waals surface area contributed by atoms with Gasteiger partial charge in [0.25, 0.3) is 5.91 Å². The Morgan fingerprint density at radius 2 is 2.00 bits per heavy atom. The minimum atomic E-state index is -0.0636. The Kier molecular flexibility index (Phi) is 5.44. The van der Waals surface area contributed by atoms with Gasteiger partial charge in [-0.1, -0.05) is 25.1 Å². The van der Waals surface area contributed by atoms with Crippen molar-refractivity contribution in [2.24, 2.45) is 0 Å². The number of carbonyl (C=O) groups is 1. The number of hydrogen-bond donors (Lipinski definition) is 1. The van der Waals surface area contributed by atoms with Crippen molar-refractivity contribution in [1.82, 2.24) is 25.2 Å². The molecular formula is C24H23N5OS. The summed E-state index contributed by atoms with van der Waals surface area (Å²) in [6, 6.07) is 11.8. The number of thiazole rings is 1. The Balaban J connectivity index is 1.43. The molecule has 7 heteroatoms. The zero-order valence-electron chi connectivity index (χ0n) is 17.3. The van der Waals surface area contributed by atoms with E-state index in [1.807, 2.05) is 41.8 Å². The number of pyridine rings is 2. The summed E-state index contributed by atoms with van der Waals surface area (Å²) in [5.74, 6) is -0.0636. The molecule has 0 radical (unpaired) electrons. The molecule has 156 valence electrons. The summed E-state index contributed by atoms with van der Waals surface area (Å²) < 4.78 is 0. The second kappa shape index (κ2) is 8.53. The minimum Gasteiger partial charge on any atom is -0.346 e. The lowest BCUT2D eigenvalue weighted by atomic mass is 9.95. The van der Waals surface area contributed by atoms with Gasteiger partial charge in [-0.25, -0.2) is 4.98 Å². The first-order valence-electron chi connectivity index (χ1n) is 10.5. The summed E-state index contributed by atoms with van der Waals surface area (Å²) in [5, 5.41) is 6.93. The maximum absolute atomic E-state index is 13.4. The standard InChI is InChI=1S/C24H23N5OS/c1-2-29-12-9-21-19(14-29)22(18-5-3-4-6-20(18)28-21)23(30)26-13-17-15-31-24(27-17)16-7-10-25-11-8-16/h3-8,10-11,15H,2,9,12-14H2,1H3,(H,26,30). The highest BCUT2D eigenvalue weighted by Gasteiger charge is 2.25. The lowest BCUT2D eigenvalue weighted by molar-refractivity contribution is 0.0949. The molecule has 1 N–H and O–H groups in total. The predicted molar refractivity (Wildman–Crippen MR) is 123 cm³/mol. The Labute approximate surface area is 185 Å². The van der Waals surface area contributed by atoms with Crippen LogP contribution in [0.4, 0.5) is 0 Å². The van der Waals surface area contributed by atoms with Gasteiger partial charge in [0.05, 0.1) is 23.3 Å². The van der Waals surface area contributed by atoms with Crippen molar-refractivity contribution in [2.75, 3.05) is 13.1 Å². The smallest absolute Gasteiger partial charge is 0.252 e. The number of nitrogens with one attached hydrogen (secondary N) is 1. The number of carbonyl (C=O) groups excluding carboxylic acids is 1. The van der Waals surface area contributed by atoms with Crippen molar-refractivity contribution in [2.45, 2.75) is 26.4 Å². The first-order valence-corrected chi connectivity index (χ1v) is 11.4. The minimum absolute atomic E-state index is 0.0636. The molecule has 0 unspecified atom stereocenters. The predicted octanol–water partition coefficient (Wildman–Crippen LogP) is 4.06. The maximum Gasteiger partial charge on any atom is 0.252 e. The monoisotopic (exact) mass is 429 g/mol. The van der Waals surface area contributed by atoms with Gasteiger partial charge >= 0.3 is 0 Å². The molecule has 0 atom stereocenters. The van der Waals surface area contributed by atoms with Crippen molar-refractivity contribution in [3.63, 3.8) is 0 Å². The fraction of sp³-hybridized carbons (Fsp3) is 0.250. The third-order valence-corrected chi connectivity index (χ3v) is 6.65. The molecule has 5 rings (SSSR count). The zero-order valence-corrected chi connectivity index (χ0v) is 18.2. The van der Waals surface area contributed by atoms with Crippen LogP contribution in [0.2, 0.25) is 0 Å². The van der Waals surface area contributed by atoms with E-state index in [0.29, 0.717) is 6.54 Å². The Morgan fingerprint density at radius 3 is 2.84 bits per heavy atom. The zero-order chi connectivity index (χ0) is 21.2. The van der Waals surface area contributed by atoms with Crippen LogP contribution < -0.4 is 5.32 Å². The molecule has 4 aromatic rings. The van der Waals surface area contributed by atoms with Gasteiger partial charge in [-0.3, -0.25) is 19.7 Å². The molecule has 6 nitrogen and oxygen atoms in total. The number of fused-ring (bicyclic) bond motifs is 2. The average Bonchev–Trinajstić information content (AvgIpc) is 3.30. The van der Waals surface area contributed by atoms with E-state index < -0.39 is 0 Å². The topological polar surface area (TPSA) is 71.0 Å². The van der Waals surface area contributed by atoms with Gasteiger partial charge < -0.3 is 5.32 Å². The second-order valence-electron chi connectivity index (χ2n) is 7.61. The van der Waals surface area contributed by atoms with E-state index in [2.05, 4.69) is 27.1 Å². The summed E-state index contributed by atoms with van der Waals surface area (Å²) >= 11 is 1.57. The molecule has 0 saturated carbocycles. The lowest BCUT2D eigenvalue weighted by Crippen LogP contribution is -2.34. The van der Waals surface area contributed by atoms with Crippen LogP contribution in [0, 0.1) is 0 Å². The summed E-state index contributed by atoms with van der Waals surface area (Å²) in [4.78, 5) is 29.3. The number of hydrogen-bond acceptors (Lipinski definition) is 6. The van der Waals surface area contributed by atoms with Gasteiger partial charge in [0.15, 0.2) is 0 Å². The number of nitrogens with zero attached hydrogens (tertiary/aromatic N) is 4. The molecule has 1 aliphatic rings. The maximum atomic E-state index is 13.4. The summed E-state index contributed by atoms with van der Waals surface area (Å²) in [5.41, 5.74) is 5.62. The largest absolute Gasteiger partial charge is 0.346 e. The van der Waals surface area contributed by atoms with Crippen LogP contribution in [-0.4, -0.2) is 38.8 Å². The highest BCUT2D eigenvalue weighted by atomic mass is 32.1. The van der Waals surface area contributed by atoms with E-state index in [1.165, 1.54) is 0 Å². The molecule has 3 aromatic heterocycles. The molecule has 0 fully saturated rings. The molecular weight excluding hydrogens is 406 g/mol. The van der Waals surface area contributed by atoms with Gasteiger partial charge in [-0.05, 0) is 24.7 Å². The highest BCUT2D eigenvalue weighted by molar-refractivity contribution is 7.13. The molecule has 0 saturated heterocycles. The van der Waals surface area contributed by atoms with Gasteiger partial charge in [-0.15, -0.1) is 11.3 Å². The Hall–Kier alpha value is -3.16. The van der Waals surface area contributed by atoms with Crippen molar-refractivity contribution in [1.29, 1.82) is 0 Å². The Bertz CT molecular complexity index is 1240. The lowest BCUT2D eigenvalue weighted by Gasteiger charge is -2.29. The first-order chi connectivity index (χ1) is 15.2. The SMILES string of the molecule is CCN1CCc2nc3ccccc3c(C(=O)NCc3csc(-c4ccncc4)n3)c2C1. The number of benzene rings is 1. The van der Waals surface area contributed by atoms with Crippen LogP contribution in [0.5, 0.6) is 0 Å². The van der Waals surface area contributed by atoms with E-state index in [9.17, 15) is 4.79 Å². The van der Waals surface area contributed by atoms with Crippen LogP contribution in [0.25, 0.3) is 21.5 Å². The van der Waals surface area contributed by atoms with E-state index >= 15 is 0 Å². The second-order valence-corrected chi connectivity index (χ2v) is 8.47. The van der Waals surface area contributed by atoms with Crippen molar-refractivity contribution in [3.8, 4) is 10.6 Å². The van der Waals surface area contributed by atoms with E-state index in [1.54, 1.807) is 23.7 Å². The number of rotatable bonds is 5. The third kappa shape index (κ3) is 3.94. The number of likely N-dealkylation sites (N-methyl/N-ethyl adjacent to an activating group) is 1. The Morgan fingerprint density at radius 1 is 1.16 bits per heavy atom. The van der Waals surface area contributed by atoms with E-state index in [4.69, 9.17) is 4.98 Å². The molecule has 0 spiro atoms. The third-order valence-electron chi connectivity index (χ3n) is 5.71. The summed E-state index contributed by atoms with van der Waals surface area (Å²) in [7, 11) is 0. The fourth-order valence-corrected chi connectivity index (χ4v) is 4.88. The number of para-hydroxylation sites is 1. The highest BCUT2D eigenvalue weighted by Crippen LogP contribution is 2.28. The first kappa shape index (κ1) is 19.8. The molecule has 0 bridgehead atoms. The molecule has 1 aromatic carbocycles. The van der Waals surface area contributed by atoms with E-state index in [0.717, 1.165) is 70.0 Å². The molecule has 0 aliphatic carbocycles. The van der Waals surface area contributed by atoms with Gasteiger partial charge in [0.1, 0.15) is 5.01 Å². The summed E-state index contributed by atoms with van der Waals surface area (Å²) in [6.45, 7) is 5.25. The molecule has 4 heterocycles. The van der Waals surface area contributed by atoms with Crippen LogP contribution in [0.3, 0.4) is 0 Å². The van der Waals surface area contributed by atoms with Crippen LogP contribution in [-0.2, 0) is 19.5 Å². The van der Waals surface area contributed by atoms with E-state index in [-0.39, 0.29) is 5.91 Å². The van der Waals surface area contributed by atoms with Crippen LogP contribution in [0.1, 0.15) is 34.2 Å². The van der Waals surface area contributed by atoms with Gasteiger partial charge in [0, 0.05) is 59.5 Å². The molecule has 31 heavy (non-hydrogen) atoms. The quantitative estimate of drug-likeness (QED) is 0.518. The number of amides is 1. The summed E-state index contributed by atoms with van der Waals surface area (Å²) in [6.07, 6.45) is 4.39. The van der Waals surface area contributed by atoms with Crippen molar-refractivity contribution in [3.05, 3.63) is 76.7 Å². The fourth-order valence-electron chi connectivity index (χ4n) is 4.05. The number of aromatic nitrogens is 3. The average molecular weight is 430 g/mol. The van der Waals surface area contributed by atoms with Gasteiger partial charge in [-0.2, -0.15) is 0 Å². The van der Waals surface area contributed by atoms with Crippen molar-refractivity contribution < 1.29 is 4.79 Å². The van der Waals surface area contributed by atoms with Crippen LogP contribution >= 0.6 is 11.3 Å². The molecule has 1 aliphatic heterocycles. The van der Waals surface area contributed by atoms with Gasteiger partial charge in [0.2, 0.25) is 0 Å². The van der Waals surface area contributed by atoms with Crippen molar-refractivity contribution >= 4 is 28.1 Å². The van der Waals surface area contributed by atoms with Crippen LogP contribution in [0.15, 0.2) is 54.2 Å². The normalized spacial score (nSPS) is 13.8.